The zero-order chi connectivity index (χ0) is 10.8. The monoisotopic (exact) mass is 203 g/mol. The number of nitrogens with one attached hydrogen (secondary N) is 1. The highest BCUT2D eigenvalue weighted by atomic mass is 16.3. The van der Waals surface area contributed by atoms with Crippen LogP contribution in [0.25, 0.3) is 11.0 Å². The number of para-hydroxylation sites is 1. The summed E-state index contributed by atoms with van der Waals surface area (Å²) in [6, 6.07) is 6.82. The van der Waals surface area contributed by atoms with Crippen molar-refractivity contribution in [3.8, 4) is 0 Å². The second kappa shape index (κ2) is 3.57. The van der Waals surface area contributed by atoms with Gasteiger partial charge in [0.1, 0.15) is 17.4 Å². The van der Waals surface area contributed by atoms with E-state index in [2.05, 4.69) is 5.32 Å². The van der Waals surface area contributed by atoms with Crippen molar-refractivity contribution in [3.05, 3.63) is 46.3 Å². The Morgan fingerprint density at radius 1 is 1.33 bits per heavy atom. The number of hydrogen-bond acceptors (Lipinski definition) is 3. The van der Waals surface area contributed by atoms with Crippen LogP contribution in [-0.2, 0) is 0 Å². The fourth-order valence-corrected chi connectivity index (χ4v) is 1.37. The highest BCUT2D eigenvalue weighted by Gasteiger charge is 2.11. The van der Waals surface area contributed by atoms with E-state index in [0.717, 1.165) is 0 Å². The van der Waals surface area contributed by atoms with Crippen molar-refractivity contribution in [2.24, 2.45) is 0 Å². The average Bonchev–Trinajstić information content (AvgIpc) is 2.29. The zero-order valence-corrected chi connectivity index (χ0v) is 8.11. The molecular formula is C11H9NO3. The number of rotatable bonds is 1. The van der Waals surface area contributed by atoms with E-state index in [0.29, 0.717) is 11.0 Å². The minimum Gasteiger partial charge on any atom is -0.463 e. The average molecular weight is 203 g/mol. The van der Waals surface area contributed by atoms with Gasteiger partial charge >= 0.3 is 0 Å². The number of amides is 1. The van der Waals surface area contributed by atoms with Gasteiger partial charge in [-0.3, -0.25) is 9.59 Å². The molecule has 1 aromatic heterocycles. The fourth-order valence-electron chi connectivity index (χ4n) is 1.37. The lowest BCUT2D eigenvalue weighted by Gasteiger charge is -2.00. The summed E-state index contributed by atoms with van der Waals surface area (Å²) in [5.41, 5.74) is 0.197. The Labute approximate surface area is 85.5 Å². The standard InChI is InChI=1S/C11H9NO3/c1-12-11(14)8-6-15-9-5-3-2-4-7(9)10(8)13/h2-6H,1H3,(H,12,14). The Balaban J connectivity index is 2.76. The van der Waals surface area contributed by atoms with Gasteiger partial charge in [0.05, 0.1) is 5.39 Å². The molecule has 0 bridgehead atoms. The summed E-state index contributed by atoms with van der Waals surface area (Å²) in [6.07, 6.45) is 1.18. The number of hydrogen-bond donors (Lipinski definition) is 1. The molecule has 2 rings (SSSR count). The molecule has 1 aromatic carbocycles. The summed E-state index contributed by atoms with van der Waals surface area (Å²) in [6.45, 7) is 0. The number of carbonyl (C=O) groups is 1. The van der Waals surface area contributed by atoms with Crippen LogP contribution in [0.3, 0.4) is 0 Å². The molecule has 0 aliphatic heterocycles. The van der Waals surface area contributed by atoms with Crippen LogP contribution >= 0.6 is 0 Å². The SMILES string of the molecule is CNC(=O)c1coc2ccccc2c1=O. The first-order chi connectivity index (χ1) is 7.24. The van der Waals surface area contributed by atoms with Crippen LogP contribution in [0.2, 0.25) is 0 Å². The van der Waals surface area contributed by atoms with Crippen LogP contribution in [0.1, 0.15) is 10.4 Å². The molecule has 1 heterocycles. The lowest BCUT2D eigenvalue weighted by molar-refractivity contribution is 0.0960. The zero-order valence-electron chi connectivity index (χ0n) is 8.11. The van der Waals surface area contributed by atoms with Crippen LogP contribution in [0.15, 0.2) is 39.7 Å². The minimum absolute atomic E-state index is 0.0243. The Morgan fingerprint density at radius 2 is 2.07 bits per heavy atom. The van der Waals surface area contributed by atoms with Crippen LogP contribution in [0, 0.1) is 0 Å². The molecule has 0 radical (unpaired) electrons. The van der Waals surface area contributed by atoms with Gasteiger partial charge in [-0.2, -0.15) is 0 Å². The van der Waals surface area contributed by atoms with Gasteiger partial charge in [-0.05, 0) is 12.1 Å². The molecule has 0 saturated heterocycles. The molecule has 0 spiro atoms. The van der Waals surface area contributed by atoms with E-state index in [1.807, 2.05) is 0 Å². The maximum Gasteiger partial charge on any atom is 0.258 e. The maximum atomic E-state index is 11.8. The summed E-state index contributed by atoms with van der Waals surface area (Å²) in [4.78, 5) is 23.1. The topological polar surface area (TPSA) is 59.3 Å². The predicted octanol–water partition coefficient (Wildman–Crippen LogP) is 1.15. The second-order valence-corrected chi connectivity index (χ2v) is 3.05. The van der Waals surface area contributed by atoms with Gasteiger partial charge < -0.3 is 9.73 Å². The molecule has 2 aromatic rings. The van der Waals surface area contributed by atoms with Gasteiger partial charge in [0.2, 0.25) is 5.43 Å². The van der Waals surface area contributed by atoms with Crippen molar-refractivity contribution in [3.63, 3.8) is 0 Å². The van der Waals surface area contributed by atoms with E-state index in [-0.39, 0.29) is 11.0 Å². The smallest absolute Gasteiger partial charge is 0.258 e. The van der Waals surface area contributed by atoms with E-state index < -0.39 is 5.91 Å². The molecular weight excluding hydrogens is 194 g/mol. The number of benzene rings is 1. The Bertz CT molecular complexity index is 571. The van der Waals surface area contributed by atoms with Crippen LogP contribution < -0.4 is 10.7 Å². The predicted molar refractivity (Wildman–Crippen MR) is 55.9 cm³/mol. The summed E-state index contributed by atoms with van der Waals surface area (Å²) in [7, 11) is 1.47. The molecule has 1 amide bonds. The van der Waals surface area contributed by atoms with Crippen molar-refractivity contribution in [1.82, 2.24) is 5.32 Å². The van der Waals surface area contributed by atoms with Gasteiger partial charge in [0.25, 0.3) is 5.91 Å². The van der Waals surface area contributed by atoms with E-state index in [9.17, 15) is 9.59 Å². The Kier molecular flexibility index (Phi) is 2.25. The fraction of sp³-hybridized carbons (Fsp3) is 0.0909. The van der Waals surface area contributed by atoms with Gasteiger partial charge in [-0.1, -0.05) is 12.1 Å². The van der Waals surface area contributed by atoms with E-state index in [1.165, 1.54) is 13.3 Å². The first-order valence-corrected chi connectivity index (χ1v) is 4.46. The molecule has 4 nitrogen and oxygen atoms in total. The lowest BCUT2D eigenvalue weighted by Crippen LogP contribution is -2.24. The second-order valence-electron chi connectivity index (χ2n) is 3.05. The third-order valence-corrected chi connectivity index (χ3v) is 2.15. The molecule has 0 unspecified atom stereocenters. The van der Waals surface area contributed by atoms with Crippen molar-refractivity contribution in [2.45, 2.75) is 0 Å². The third kappa shape index (κ3) is 1.50. The van der Waals surface area contributed by atoms with Crippen LogP contribution in [0.4, 0.5) is 0 Å². The minimum atomic E-state index is -0.436. The molecule has 15 heavy (non-hydrogen) atoms. The first kappa shape index (κ1) is 9.45. The highest BCUT2D eigenvalue weighted by molar-refractivity contribution is 5.96. The van der Waals surface area contributed by atoms with Crippen molar-refractivity contribution >= 4 is 16.9 Å². The molecule has 4 heteroatoms. The van der Waals surface area contributed by atoms with Gasteiger partial charge in [0.15, 0.2) is 0 Å². The van der Waals surface area contributed by atoms with E-state index >= 15 is 0 Å². The van der Waals surface area contributed by atoms with Crippen molar-refractivity contribution < 1.29 is 9.21 Å². The van der Waals surface area contributed by atoms with Crippen molar-refractivity contribution in [1.29, 1.82) is 0 Å². The summed E-state index contributed by atoms with van der Waals surface area (Å²) in [5.74, 6) is -0.436. The largest absolute Gasteiger partial charge is 0.463 e. The van der Waals surface area contributed by atoms with E-state index in [4.69, 9.17) is 4.42 Å². The summed E-state index contributed by atoms with van der Waals surface area (Å²) < 4.78 is 5.19. The molecule has 0 fully saturated rings. The molecule has 0 saturated carbocycles. The molecule has 0 aliphatic rings. The molecule has 76 valence electrons. The third-order valence-electron chi connectivity index (χ3n) is 2.15. The first-order valence-electron chi connectivity index (χ1n) is 4.46. The molecule has 0 aliphatic carbocycles. The molecule has 1 N–H and O–H groups in total. The quantitative estimate of drug-likeness (QED) is 0.756. The molecule has 0 atom stereocenters. The van der Waals surface area contributed by atoms with E-state index in [1.54, 1.807) is 24.3 Å². The number of carbonyl (C=O) groups excluding carboxylic acids is 1. The maximum absolute atomic E-state index is 11.8. The van der Waals surface area contributed by atoms with Gasteiger partial charge in [-0.25, -0.2) is 0 Å². The Hall–Kier alpha value is -2.10. The normalized spacial score (nSPS) is 10.2. The number of fused-ring (bicyclic) bond motifs is 1. The Morgan fingerprint density at radius 3 is 2.80 bits per heavy atom. The van der Waals surface area contributed by atoms with Crippen molar-refractivity contribution in [2.75, 3.05) is 7.05 Å². The lowest BCUT2D eigenvalue weighted by atomic mass is 10.1. The van der Waals surface area contributed by atoms with Gasteiger partial charge in [0, 0.05) is 7.05 Å². The van der Waals surface area contributed by atoms with Crippen LogP contribution in [-0.4, -0.2) is 13.0 Å². The summed E-state index contributed by atoms with van der Waals surface area (Å²) in [5, 5.41) is 2.80. The highest BCUT2D eigenvalue weighted by Crippen LogP contribution is 2.09. The summed E-state index contributed by atoms with van der Waals surface area (Å²) >= 11 is 0. The van der Waals surface area contributed by atoms with Gasteiger partial charge in [-0.15, -0.1) is 0 Å². The van der Waals surface area contributed by atoms with Crippen LogP contribution in [0.5, 0.6) is 0 Å².